The van der Waals surface area contributed by atoms with Crippen LogP contribution in [0.5, 0.6) is 0 Å². The molecule has 0 spiro atoms. The maximum atomic E-state index is 12.2. The lowest BCUT2D eigenvalue weighted by molar-refractivity contribution is -0.137. The van der Waals surface area contributed by atoms with E-state index >= 15 is 0 Å². The molecule has 2 aliphatic rings. The summed E-state index contributed by atoms with van der Waals surface area (Å²) in [6, 6.07) is 0.356. The Balaban J connectivity index is 1.84. The first-order valence-corrected chi connectivity index (χ1v) is 6.82. The van der Waals surface area contributed by atoms with Crippen molar-refractivity contribution < 1.29 is 14.3 Å². The molecule has 1 amide bonds. The van der Waals surface area contributed by atoms with Gasteiger partial charge in [0.25, 0.3) is 0 Å². The summed E-state index contributed by atoms with van der Waals surface area (Å²) >= 11 is 0. The zero-order chi connectivity index (χ0) is 13.0. The Kier molecular flexibility index (Phi) is 4.72. The predicted octanol–water partition coefficient (Wildman–Crippen LogP) is 0.289. The summed E-state index contributed by atoms with van der Waals surface area (Å²) in [4.78, 5) is 27.4. The van der Waals surface area contributed by atoms with Crippen molar-refractivity contribution in [3.05, 3.63) is 0 Å². The number of nitrogens with zero attached hydrogens (tertiary/aromatic N) is 2. The number of hydrogen-bond donors (Lipinski definition) is 0. The number of rotatable bonds is 3. The van der Waals surface area contributed by atoms with Gasteiger partial charge < -0.3 is 9.64 Å². The molecule has 0 aromatic heterocycles. The lowest BCUT2D eigenvalue weighted by Gasteiger charge is -2.36. The molecule has 0 aliphatic carbocycles. The summed E-state index contributed by atoms with van der Waals surface area (Å²) in [6.07, 6.45) is 2.05. The standard InChI is InChI=1S/C13H22N2O3/c1-2-11-10-18-8-7-15(11)9-13(17)14-5-3-12(16)4-6-14/h11H,2-10H2,1H3. The number of hydrogen-bond acceptors (Lipinski definition) is 4. The van der Waals surface area contributed by atoms with Gasteiger partial charge in [0.05, 0.1) is 19.8 Å². The molecular formula is C13H22N2O3. The topological polar surface area (TPSA) is 49.9 Å². The molecular weight excluding hydrogens is 232 g/mol. The van der Waals surface area contributed by atoms with Crippen LogP contribution < -0.4 is 0 Å². The van der Waals surface area contributed by atoms with Gasteiger partial charge in [-0.3, -0.25) is 14.5 Å². The van der Waals surface area contributed by atoms with E-state index in [1.54, 1.807) is 0 Å². The van der Waals surface area contributed by atoms with Gasteiger partial charge in [0.1, 0.15) is 5.78 Å². The molecule has 5 nitrogen and oxygen atoms in total. The molecule has 1 atom stereocenters. The van der Waals surface area contributed by atoms with Crippen LogP contribution in [0.25, 0.3) is 0 Å². The summed E-state index contributed by atoms with van der Waals surface area (Å²) in [5, 5.41) is 0. The van der Waals surface area contributed by atoms with Crippen LogP contribution in [0, 0.1) is 0 Å². The second-order valence-electron chi connectivity index (χ2n) is 5.03. The van der Waals surface area contributed by atoms with Crippen molar-refractivity contribution in [2.45, 2.75) is 32.2 Å². The molecule has 0 aromatic carbocycles. The van der Waals surface area contributed by atoms with Crippen LogP contribution in [0.4, 0.5) is 0 Å². The van der Waals surface area contributed by atoms with Crippen LogP contribution in [0.2, 0.25) is 0 Å². The molecule has 2 fully saturated rings. The number of morpholine rings is 1. The maximum Gasteiger partial charge on any atom is 0.236 e. The number of carbonyl (C=O) groups is 2. The van der Waals surface area contributed by atoms with Crippen molar-refractivity contribution in [1.82, 2.24) is 9.80 Å². The summed E-state index contributed by atoms with van der Waals surface area (Å²) in [5.74, 6) is 0.430. The zero-order valence-corrected chi connectivity index (χ0v) is 11.1. The van der Waals surface area contributed by atoms with E-state index in [4.69, 9.17) is 4.74 Å². The second-order valence-corrected chi connectivity index (χ2v) is 5.03. The Morgan fingerprint density at radius 2 is 2.06 bits per heavy atom. The first-order chi connectivity index (χ1) is 8.70. The summed E-state index contributed by atoms with van der Waals surface area (Å²) < 4.78 is 5.43. The normalized spacial score (nSPS) is 26.4. The van der Waals surface area contributed by atoms with Crippen LogP contribution in [-0.2, 0) is 14.3 Å². The van der Waals surface area contributed by atoms with E-state index in [0.717, 1.165) is 19.6 Å². The Morgan fingerprint density at radius 1 is 1.33 bits per heavy atom. The molecule has 18 heavy (non-hydrogen) atoms. The molecule has 0 bridgehead atoms. The molecule has 2 rings (SSSR count). The number of piperidine rings is 1. The summed E-state index contributed by atoms with van der Waals surface area (Å²) in [5.41, 5.74) is 0. The number of carbonyl (C=O) groups excluding carboxylic acids is 2. The quantitative estimate of drug-likeness (QED) is 0.726. The van der Waals surface area contributed by atoms with Gasteiger partial charge in [-0.25, -0.2) is 0 Å². The molecule has 5 heteroatoms. The van der Waals surface area contributed by atoms with Crippen LogP contribution in [0.1, 0.15) is 26.2 Å². The van der Waals surface area contributed by atoms with E-state index in [9.17, 15) is 9.59 Å². The highest BCUT2D eigenvalue weighted by molar-refractivity contribution is 5.84. The van der Waals surface area contributed by atoms with Gasteiger partial charge >= 0.3 is 0 Å². The average molecular weight is 254 g/mol. The minimum atomic E-state index is 0.155. The monoisotopic (exact) mass is 254 g/mol. The number of ether oxygens (including phenoxy) is 1. The summed E-state index contributed by atoms with van der Waals surface area (Å²) in [6.45, 7) is 6.05. The minimum absolute atomic E-state index is 0.155. The Labute approximate surface area is 108 Å². The highest BCUT2D eigenvalue weighted by atomic mass is 16.5. The fourth-order valence-corrected chi connectivity index (χ4v) is 2.55. The molecule has 102 valence electrons. The highest BCUT2D eigenvalue weighted by Crippen LogP contribution is 2.12. The van der Waals surface area contributed by atoms with E-state index in [1.807, 2.05) is 4.90 Å². The number of amides is 1. The average Bonchev–Trinajstić information content (AvgIpc) is 2.40. The van der Waals surface area contributed by atoms with E-state index in [1.165, 1.54) is 0 Å². The minimum Gasteiger partial charge on any atom is -0.378 e. The van der Waals surface area contributed by atoms with Gasteiger partial charge in [-0.1, -0.05) is 6.92 Å². The molecule has 1 unspecified atom stereocenters. The van der Waals surface area contributed by atoms with Crippen LogP contribution >= 0.6 is 0 Å². The Bertz CT molecular complexity index is 309. The fourth-order valence-electron chi connectivity index (χ4n) is 2.55. The van der Waals surface area contributed by atoms with Gasteiger partial charge in [0.2, 0.25) is 5.91 Å². The first kappa shape index (κ1) is 13.5. The SMILES string of the molecule is CCC1COCCN1CC(=O)N1CCC(=O)CC1. The molecule has 2 saturated heterocycles. The van der Waals surface area contributed by atoms with Crippen molar-refractivity contribution in [2.75, 3.05) is 39.4 Å². The smallest absolute Gasteiger partial charge is 0.236 e. The third kappa shape index (κ3) is 3.29. The third-order valence-electron chi connectivity index (χ3n) is 3.83. The fraction of sp³-hybridized carbons (Fsp3) is 0.846. The van der Waals surface area contributed by atoms with Crippen molar-refractivity contribution in [2.24, 2.45) is 0 Å². The van der Waals surface area contributed by atoms with Crippen molar-refractivity contribution in [3.63, 3.8) is 0 Å². The maximum absolute atomic E-state index is 12.2. The predicted molar refractivity (Wildman–Crippen MR) is 67.3 cm³/mol. The molecule has 0 radical (unpaired) electrons. The molecule has 2 aliphatic heterocycles. The molecule has 0 aromatic rings. The van der Waals surface area contributed by atoms with E-state index in [0.29, 0.717) is 45.1 Å². The van der Waals surface area contributed by atoms with Gasteiger partial charge in [-0.15, -0.1) is 0 Å². The van der Waals surface area contributed by atoms with Gasteiger partial charge in [0.15, 0.2) is 0 Å². The van der Waals surface area contributed by atoms with Gasteiger partial charge in [-0.05, 0) is 6.42 Å². The zero-order valence-electron chi connectivity index (χ0n) is 11.1. The largest absolute Gasteiger partial charge is 0.378 e. The van der Waals surface area contributed by atoms with E-state index < -0.39 is 0 Å². The lowest BCUT2D eigenvalue weighted by Crippen LogP contribution is -2.51. The number of Topliss-reactive ketones (excluding diaryl/α,β-unsaturated/α-hetero) is 1. The Morgan fingerprint density at radius 3 is 2.72 bits per heavy atom. The third-order valence-corrected chi connectivity index (χ3v) is 3.83. The lowest BCUT2D eigenvalue weighted by atomic mass is 10.1. The number of ketones is 1. The molecule has 0 saturated carbocycles. The van der Waals surface area contributed by atoms with Crippen molar-refractivity contribution in [1.29, 1.82) is 0 Å². The second kappa shape index (κ2) is 6.29. The van der Waals surface area contributed by atoms with Crippen molar-refractivity contribution in [3.8, 4) is 0 Å². The van der Waals surface area contributed by atoms with Crippen LogP contribution in [0.15, 0.2) is 0 Å². The van der Waals surface area contributed by atoms with E-state index in [-0.39, 0.29) is 11.7 Å². The number of likely N-dealkylation sites (tertiary alicyclic amines) is 1. The van der Waals surface area contributed by atoms with Crippen molar-refractivity contribution >= 4 is 11.7 Å². The first-order valence-electron chi connectivity index (χ1n) is 6.82. The highest BCUT2D eigenvalue weighted by Gasteiger charge is 2.27. The van der Waals surface area contributed by atoms with E-state index in [2.05, 4.69) is 11.8 Å². The Hall–Kier alpha value is -0.940. The van der Waals surface area contributed by atoms with Crippen LogP contribution in [0.3, 0.4) is 0 Å². The van der Waals surface area contributed by atoms with Gasteiger partial charge in [0, 0.05) is 38.5 Å². The van der Waals surface area contributed by atoms with Crippen LogP contribution in [-0.4, -0.2) is 66.9 Å². The van der Waals surface area contributed by atoms with Gasteiger partial charge in [-0.2, -0.15) is 0 Å². The summed E-state index contributed by atoms with van der Waals surface area (Å²) in [7, 11) is 0. The molecule has 0 N–H and O–H groups in total. The molecule has 2 heterocycles.